The Morgan fingerprint density at radius 2 is 1.65 bits per heavy atom. The van der Waals surface area contributed by atoms with Crippen LogP contribution in [0.1, 0.15) is 29.5 Å². The third kappa shape index (κ3) is 5.81. The van der Waals surface area contributed by atoms with Crippen LogP contribution < -0.4 is 9.47 Å². The van der Waals surface area contributed by atoms with Gasteiger partial charge in [-0.15, -0.1) is 0 Å². The highest BCUT2D eigenvalue weighted by molar-refractivity contribution is 6.10. The molecule has 0 bridgehead atoms. The van der Waals surface area contributed by atoms with Crippen LogP contribution in [-0.2, 0) is 27.2 Å². The van der Waals surface area contributed by atoms with Crippen molar-refractivity contribution in [3.8, 4) is 17.5 Å². The van der Waals surface area contributed by atoms with Gasteiger partial charge in [-0.2, -0.15) is 0 Å². The van der Waals surface area contributed by atoms with Gasteiger partial charge in [0.05, 0.1) is 17.5 Å². The summed E-state index contributed by atoms with van der Waals surface area (Å²) in [5.41, 5.74) is 1.58. The number of halogens is 2. The van der Waals surface area contributed by atoms with E-state index in [1.54, 1.807) is 19.2 Å². The zero-order valence-electron chi connectivity index (χ0n) is 22.1. The van der Waals surface area contributed by atoms with Crippen LogP contribution >= 0.6 is 0 Å². The molecule has 8 nitrogen and oxygen atoms in total. The number of aromatic nitrogens is 3. The Morgan fingerprint density at radius 3 is 2.33 bits per heavy atom. The normalized spacial score (nSPS) is 13.7. The number of pyridine rings is 3. The lowest BCUT2D eigenvalue weighted by molar-refractivity contribution is -0.133. The summed E-state index contributed by atoms with van der Waals surface area (Å²) in [5, 5.41) is 0. The number of nitrogens with zero attached hydrogens (tertiary/aromatic N) is 3. The molecule has 0 radical (unpaired) electrons. The van der Waals surface area contributed by atoms with Crippen LogP contribution in [0.4, 0.5) is 8.78 Å². The number of methoxy groups -OCH3 is 1. The van der Waals surface area contributed by atoms with Crippen molar-refractivity contribution >= 4 is 22.6 Å². The number of ether oxygens (including phenoxy) is 3. The molecule has 4 aromatic rings. The van der Waals surface area contributed by atoms with Gasteiger partial charge in [0, 0.05) is 44.0 Å². The molecule has 1 aliphatic rings. The van der Waals surface area contributed by atoms with Gasteiger partial charge < -0.3 is 14.2 Å². The van der Waals surface area contributed by atoms with E-state index in [0.717, 1.165) is 5.56 Å². The van der Waals surface area contributed by atoms with Crippen molar-refractivity contribution in [2.45, 2.75) is 32.6 Å². The summed E-state index contributed by atoms with van der Waals surface area (Å²) in [6, 6.07) is 10.1. The summed E-state index contributed by atoms with van der Waals surface area (Å²) >= 11 is 0. The lowest BCUT2D eigenvalue weighted by Gasteiger charge is -2.14. The van der Waals surface area contributed by atoms with Crippen LogP contribution in [0.3, 0.4) is 0 Å². The molecule has 0 N–H and O–H groups in total. The third-order valence-corrected chi connectivity index (χ3v) is 6.88. The van der Waals surface area contributed by atoms with Gasteiger partial charge >= 0.3 is 0 Å². The van der Waals surface area contributed by atoms with E-state index in [0.29, 0.717) is 54.1 Å². The van der Waals surface area contributed by atoms with E-state index in [2.05, 4.69) is 15.0 Å². The van der Waals surface area contributed by atoms with E-state index in [9.17, 15) is 14.0 Å². The maximum Gasteiger partial charge on any atom is 0.255 e. The topological polar surface area (TPSA) is 100 Å². The molecule has 0 unspecified atom stereocenters. The molecule has 1 aliphatic carbocycles. The molecular formula is C30H27F2N3O5. The molecule has 5 rings (SSSR count). The standard InChI is InChI=1S/C30H27F2N3O5/c1-18-13-23-27(35-28(18)39-12-11-38-2)24(7-10-33-23)40-29-22(32)14-20(17-34-29)16-26(37)30(8-9-30)25(36)15-19-3-5-21(31)6-4-19/h3-7,10,13-14,17H,8-9,11-12,15-16H2,1-2H3. The fourth-order valence-corrected chi connectivity index (χ4v) is 4.47. The van der Waals surface area contributed by atoms with Gasteiger partial charge in [0.1, 0.15) is 17.9 Å². The highest BCUT2D eigenvalue weighted by atomic mass is 19.1. The highest BCUT2D eigenvalue weighted by Crippen LogP contribution is 2.48. The lowest BCUT2D eigenvalue weighted by Crippen LogP contribution is -2.29. The highest BCUT2D eigenvalue weighted by Gasteiger charge is 2.54. The molecule has 206 valence electrons. The molecule has 0 spiro atoms. The van der Waals surface area contributed by atoms with Crippen LogP contribution in [-0.4, -0.2) is 46.8 Å². The van der Waals surface area contributed by atoms with Gasteiger partial charge in [0.2, 0.25) is 5.88 Å². The minimum absolute atomic E-state index is 0.0397. The average Bonchev–Trinajstić information content (AvgIpc) is 3.75. The zero-order valence-corrected chi connectivity index (χ0v) is 22.1. The second-order valence-electron chi connectivity index (χ2n) is 9.77. The molecule has 3 heterocycles. The van der Waals surface area contributed by atoms with E-state index < -0.39 is 17.0 Å². The number of hydrogen-bond donors (Lipinski definition) is 0. The number of rotatable bonds is 12. The summed E-state index contributed by atoms with van der Waals surface area (Å²) in [6.07, 6.45) is 3.67. The first kappa shape index (κ1) is 27.3. The molecule has 10 heteroatoms. The number of hydrogen-bond acceptors (Lipinski definition) is 8. The van der Waals surface area contributed by atoms with Gasteiger partial charge in [0.15, 0.2) is 23.1 Å². The largest absolute Gasteiger partial charge is 0.475 e. The van der Waals surface area contributed by atoms with Crippen molar-refractivity contribution in [1.82, 2.24) is 15.0 Å². The monoisotopic (exact) mass is 547 g/mol. The predicted octanol–water partition coefficient (Wildman–Crippen LogP) is 5.13. The minimum atomic E-state index is -1.08. The number of Topliss-reactive ketones (excluding diaryl/α,β-unsaturated/α-hetero) is 2. The lowest BCUT2D eigenvalue weighted by atomic mass is 9.88. The van der Waals surface area contributed by atoms with E-state index in [1.807, 2.05) is 6.92 Å². The summed E-state index contributed by atoms with van der Waals surface area (Å²) in [4.78, 5) is 38.9. The Morgan fingerprint density at radius 1 is 0.925 bits per heavy atom. The Balaban J connectivity index is 1.29. The average molecular weight is 548 g/mol. The molecule has 1 fully saturated rings. The van der Waals surface area contributed by atoms with E-state index in [4.69, 9.17) is 14.2 Å². The van der Waals surface area contributed by atoms with Gasteiger partial charge in [-0.05, 0) is 55.2 Å². The fraction of sp³-hybridized carbons (Fsp3) is 0.300. The van der Waals surface area contributed by atoms with Crippen LogP contribution in [0.15, 0.2) is 54.9 Å². The molecule has 1 saturated carbocycles. The van der Waals surface area contributed by atoms with E-state index >= 15 is 4.39 Å². The van der Waals surface area contributed by atoms with Crippen molar-refractivity contribution in [2.24, 2.45) is 5.41 Å². The van der Waals surface area contributed by atoms with Crippen molar-refractivity contribution < 1.29 is 32.6 Å². The fourth-order valence-electron chi connectivity index (χ4n) is 4.47. The quantitative estimate of drug-likeness (QED) is 0.178. The molecule has 0 atom stereocenters. The summed E-state index contributed by atoms with van der Waals surface area (Å²) in [7, 11) is 1.57. The summed E-state index contributed by atoms with van der Waals surface area (Å²) < 4.78 is 44.7. The second kappa shape index (κ2) is 11.4. The molecule has 3 aromatic heterocycles. The molecule has 0 aliphatic heterocycles. The number of aryl methyl sites for hydroxylation is 1. The van der Waals surface area contributed by atoms with Gasteiger partial charge in [-0.1, -0.05) is 12.1 Å². The maximum absolute atomic E-state index is 15.1. The first-order valence-corrected chi connectivity index (χ1v) is 12.8. The van der Waals surface area contributed by atoms with Crippen molar-refractivity contribution in [3.05, 3.63) is 83.2 Å². The summed E-state index contributed by atoms with van der Waals surface area (Å²) in [5.74, 6) is -1.32. The smallest absolute Gasteiger partial charge is 0.255 e. The first-order valence-electron chi connectivity index (χ1n) is 12.8. The molecular weight excluding hydrogens is 520 g/mol. The Kier molecular flexibility index (Phi) is 7.79. The van der Waals surface area contributed by atoms with Crippen LogP contribution in [0, 0.1) is 24.0 Å². The van der Waals surface area contributed by atoms with Crippen LogP contribution in [0.5, 0.6) is 17.5 Å². The number of carbonyl (C=O) groups excluding carboxylic acids is 2. The van der Waals surface area contributed by atoms with Gasteiger partial charge in [-0.25, -0.2) is 18.7 Å². The Bertz CT molecular complexity index is 1570. The Labute approximate surface area is 229 Å². The van der Waals surface area contributed by atoms with Crippen molar-refractivity contribution in [2.75, 3.05) is 20.3 Å². The Hall–Kier alpha value is -4.31. The minimum Gasteiger partial charge on any atom is -0.475 e. The number of carbonyl (C=O) groups is 2. The van der Waals surface area contributed by atoms with E-state index in [1.165, 1.54) is 42.7 Å². The number of benzene rings is 1. The maximum atomic E-state index is 15.1. The van der Waals surface area contributed by atoms with Gasteiger partial charge in [0.25, 0.3) is 5.88 Å². The predicted molar refractivity (Wildman–Crippen MR) is 141 cm³/mol. The van der Waals surface area contributed by atoms with Gasteiger partial charge in [-0.3, -0.25) is 14.6 Å². The molecule has 0 saturated heterocycles. The number of fused-ring (bicyclic) bond motifs is 1. The van der Waals surface area contributed by atoms with Crippen LogP contribution in [0.25, 0.3) is 11.0 Å². The van der Waals surface area contributed by atoms with E-state index in [-0.39, 0.29) is 36.0 Å². The van der Waals surface area contributed by atoms with Crippen molar-refractivity contribution in [1.29, 1.82) is 0 Å². The molecule has 0 amide bonds. The second-order valence-corrected chi connectivity index (χ2v) is 9.77. The SMILES string of the molecule is COCCOc1nc2c(Oc3ncc(CC(=O)C4(C(=O)Cc5ccc(F)cc5)CC4)cc3F)ccnc2cc1C. The molecule has 1 aromatic carbocycles. The third-order valence-electron chi connectivity index (χ3n) is 6.88. The number of ketones is 2. The van der Waals surface area contributed by atoms with Crippen molar-refractivity contribution in [3.63, 3.8) is 0 Å². The first-order chi connectivity index (χ1) is 19.3. The van der Waals surface area contributed by atoms with Crippen LogP contribution in [0.2, 0.25) is 0 Å². The zero-order chi connectivity index (χ0) is 28.3. The molecule has 40 heavy (non-hydrogen) atoms. The summed E-state index contributed by atoms with van der Waals surface area (Å²) in [6.45, 7) is 2.54.